The van der Waals surface area contributed by atoms with Gasteiger partial charge >= 0.3 is 11.9 Å². The molecular formula is C49H46Cl2N10O4. The van der Waals surface area contributed by atoms with E-state index in [1.165, 1.54) is 7.11 Å². The van der Waals surface area contributed by atoms with Crippen molar-refractivity contribution in [3.05, 3.63) is 167 Å². The van der Waals surface area contributed by atoms with Crippen molar-refractivity contribution in [1.82, 2.24) is 49.5 Å². The van der Waals surface area contributed by atoms with Gasteiger partial charge in [0.1, 0.15) is 11.1 Å². The van der Waals surface area contributed by atoms with Gasteiger partial charge in [-0.3, -0.25) is 9.36 Å². The van der Waals surface area contributed by atoms with Gasteiger partial charge in [-0.1, -0.05) is 71.1 Å². The highest BCUT2D eigenvalue weighted by molar-refractivity contribution is 6.17. The molecule has 2 saturated carbocycles. The molecule has 2 fully saturated rings. The van der Waals surface area contributed by atoms with Crippen LogP contribution in [0.2, 0.25) is 0 Å². The van der Waals surface area contributed by atoms with Gasteiger partial charge in [0.2, 0.25) is 0 Å². The maximum absolute atomic E-state index is 12.7. The van der Waals surface area contributed by atoms with Gasteiger partial charge in [0, 0.05) is 61.9 Å². The second-order valence-corrected chi connectivity index (χ2v) is 16.8. The summed E-state index contributed by atoms with van der Waals surface area (Å²) in [7, 11) is 5.09. The highest BCUT2D eigenvalue weighted by Gasteiger charge is 2.47. The van der Waals surface area contributed by atoms with Gasteiger partial charge in [0.25, 0.3) is 0 Å². The van der Waals surface area contributed by atoms with Gasteiger partial charge in [0.15, 0.2) is 0 Å². The Morgan fingerprint density at radius 2 is 1.05 bits per heavy atom. The molecule has 10 rings (SSSR count). The standard InChI is InChI=1S/C25H24ClN5O2.C24H22ClN5O2/c1-3-33-25(32)22-14-27-31(24(22)21-12-20(21)23-15-30(2)29-28-23)19-9-5-8-18(11-19)17-7-4-6-16(10-17)13-26;1-29-14-22(27-28-29)19-11-20(19)23-21(24(31)32-2)13-26-30(23)18-8-4-7-17(10-18)16-6-3-5-15(9-16)12-25/h4-11,14-15,20-21H,3,12-13H2,1-2H3;3-10,13-14,19-20H,11-12H2,1-2H3/t20-,21-;19-,20-/m11/s1. The van der Waals surface area contributed by atoms with Crippen LogP contribution >= 0.6 is 23.2 Å². The summed E-state index contributed by atoms with van der Waals surface area (Å²) >= 11 is 12.0. The van der Waals surface area contributed by atoms with Crippen LogP contribution in [-0.4, -0.2) is 75.2 Å². The topological polar surface area (TPSA) is 150 Å². The predicted octanol–water partition coefficient (Wildman–Crippen LogP) is 9.32. The number of methoxy groups -OCH3 is 1. The maximum atomic E-state index is 12.7. The number of alkyl halides is 2. The van der Waals surface area contributed by atoms with Crippen LogP contribution in [0.15, 0.2) is 122 Å². The van der Waals surface area contributed by atoms with Crippen molar-refractivity contribution < 1.29 is 19.1 Å². The van der Waals surface area contributed by atoms with Gasteiger partial charge in [-0.25, -0.2) is 19.0 Å². The Balaban J connectivity index is 0.000000164. The van der Waals surface area contributed by atoms with Crippen LogP contribution in [0.1, 0.15) is 98.1 Å². The average Bonchev–Trinajstić information content (AvgIpc) is 4.00. The van der Waals surface area contributed by atoms with Crippen LogP contribution in [0.25, 0.3) is 33.6 Å². The fourth-order valence-electron chi connectivity index (χ4n) is 8.50. The first kappa shape index (κ1) is 43.4. The summed E-state index contributed by atoms with van der Waals surface area (Å²) in [5, 5.41) is 25.8. The number of aryl methyl sites for hydroxylation is 2. The molecule has 0 aliphatic heterocycles. The van der Waals surface area contributed by atoms with Crippen LogP contribution in [0.5, 0.6) is 0 Å². The van der Waals surface area contributed by atoms with Crippen molar-refractivity contribution in [3.63, 3.8) is 0 Å². The van der Waals surface area contributed by atoms with Crippen molar-refractivity contribution >= 4 is 35.1 Å². The molecule has 14 nitrogen and oxygen atoms in total. The summed E-state index contributed by atoms with van der Waals surface area (Å²) in [5.74, 6) is 0.822. The third-order valence-electron chi connectivity index (χ3n) is 11.8. The monoisotopic (exact) mass is 908 g/mol. The van der Waals surface area contributed by atoms with Crippen molar-refractivity contribution in [1.29, 1.82) is 0 Å². The Hall–Kier alpha value is -6.90. The second-order valence-electron chi connectivity index (χ2n) is 16.2. The summed E-state index contributed by atoms with van der Waals surface area (Å²) in [6, 6.07) is 32.6. The number of nitrogens with zero attached hydrogens (tertiary/aromatic N) is 10. The van der Waals surface area contributed by atoms with E-state index in [4.69, 9.17) is 32.7 Å². The van der Waals surface area contributed by atoms with E-state index in [1.54, 1.807) is 28.7 Å². The molecule has 4 aromatic heterocycles. The van der Waals surface area contributed by atoms with E-state index in [0.29, 0.717) is 29.5 Å². The Morgan fingerprint density at radius 3 is 1.45 bits per heavy atom. The van der Waals surface area contributed by atoms with Crippen LogP contribution < -0.4 is 0 Å². The van der Waals surface area contributed by atoms with Crippen molar-refractivity contribution in [3.8, 4) is 33.6 Å². The van der Waals surface area contributed by atoms with Gasteiger partial charge in [-0.2, -0.15) is 10.2 Å². The maximum Gasteiger partial charge on any atom is 0.341 e. The van der Waals surface area contributed by atoms with Crippen molar-refractivity contribution in [2.24, 2.45) is 14.1 Å². The molecule has 4 heterocycles. The Morgan fingerprint density at radius 1 is 0.615 bits per heavy atom. The number of hydrogen-bond acceptors (Lipinski definition) is 10. The normalized spacial score (nSPS) is 17.3. The Bertz CT molecular complexity index is 3010. The number of carbonyl (C=O) groups excluding carboxylic acids is 2. The molecule has 0 saturated heterocycles. The Kier molecular flexibility index (Phi) is 12.5. The molecule has 330 valence electrons. The molecule has 0 bridgehead atoms. The first-order valence-electron chi connectivity index (χ1n) is 21.3. The number of hydrogen-bond donors (Lipinski definition) is 0. The third kappa shape index (κ3) is 9.09. The number of esters is 2. The van der Waals surface area contributed by atoms with E-state index >= 15 is 0 Å². The summed E-state index contributed by atoms with van der Waals surface area (Å²) < 4.78 is 17.5. The predicted molar refractivity (Wildman–Crippen MR) is 247 cm³/mol. The minimum Gasteiger partial charge on any atom is -0.465 e. The minimum atomic E-state index is -0.387. The molecule has 0 N–H and O–H groups in total. The molecule has 16 heteroatoms. The highest BCUT2D eigenvalue weighted by atomic mass is 35.5. The van der Waals surface area contributed by atoms with Crippen LogP contribution in [0.3, 0.4) is 0 Å². The van der Waals surface area contributed by atoms with Crippen LogP contribution in [0.4, 0.5) is 0 Å². The van der Waals surface area contributed by atoms with Crippen molar-refractivity contribution in [2.75, 3.05) is 13.7 Å². The SMILES string of the molecule is CCOC(=O)c1cnn(-c2cccc(-c3cccc(CCl)c3)c2)c1[C@@H]1C[C@H]1c1cn(C)nn1.COC(=O)c1cnn(-c2cccc(-c3cccc(CCl)c3)c2)c1[C@@H]1C[C@H]1c1cn(C)nn1. The van der Waals surface area contributed by atoms with E-state index in [1.807, 2.05) is 84.4 Å². The smallest absolute Gasteiger partial charge is 0.341 e. The molecule has 0 radical (unpaired) electrons. The highest BCUT2D eigenvalue weighted by Crippen LogP contribution is 2.56. The van der Waals surface area contributed by atoms with E-state index in [0.717, 1.165) is 80.4 Å². The summed E-state index contributed by atoms with van der Waals surface area (Å²) in [4.78, 5) is 25.2. The molecule has 4 aromatic carbocycles. The van der Waals surface area contributed by atoms with E-state index in [9.17, 15) is 9.59 Å². The van der Waals surface area contributed by atoms with Gasteiger partial charge < -0.3 is 9.47 Å². The average molecular weight is 910 g/mol. The van der Waals surface area contributed by atoms with E-state index < -0.39 is 0 Å². The lowest BCUT2D eigenvalue weighted by Gasteiger charge is -2.11. The molecule has 0 amide bonds. The number of benzene rings is 4. The molecule has 65 heavy (non-hydrogen) atoms. The number of ether oxygens (including phenoxy) is 2. The van der Waals surface area contributed by atoms with Gasteiger partial charge in [0.05, 0.1) is 60.3 Å². The lowest BCUT2D eigenvalue weighted by Crippen LogP contribution is -2.09. The van der Waals surface area contributed by atoms with E-state index in [-0.39, 0.29) is 35.6 Å². The van der Waals surface area contributed by atoms with E-state index in [2.05, 4.69) is 79.4 Å². The largest absolute Gasteiger partial charge is 0.465 e. The number of aromatic nitrogens is 10. The summed E-state index contributed by atoms with van der Waals surface area (Å²) in [5.41, 5.74) is 12.7. The van der Waals surface area contributed by atoms with Crippen LogP contribution in [0, 0.1) is 0 Å². The lowest BCUT2D eigenvalue weighted by molar-refractivity contribution is 0.0523. The molecule has 0 spiro atoms. The number of carbonyl (C=O) groups is 2. The molecule has 2 aliphatic rings. The fourth-order valence-corrected chi connectivity index (χ4v) is 8.83. The summed E-state index contributed by atoms with van der Waals surface area (Å²) in [6.45, 7) is 2.12. The second kappa shape index (κ2) is 18.7. The zero-order valence-corrected chi connectivity index (χ0v) is 37.8. The Labute approximate surface area is 385 Å². The summed E-state index contributed by atoms with van der Waals surface area (Å²) in [6.07, 6.45) is 8.82. The zero-order chi connectivity index (χ0) is 45.2. The minimum absolute atomic E-state index is 0.117. The third-order valence-corrected chi connectivity index (χ3v) is 12.4. The number of halogens is 2. The molecule has 2 aliphatic carbocycles. The molecule has 0 unspecified atom stereocenters. The molecule has 8 aromatic rings. The van der Waals surface area contributed by atoms with Crippen molar-refractivity contribution in [2.45, 2.75) is 55.2 Å². The molecular weight excluding hydrogens is 864 g/mol. The zero-order valence-electron chi connectivity index (χ0n) is 36.3. The van der Waals surface area contributed by atoms with Gasteiger partial charge in [-0.15, -0.1) is 33.4 Å². The van der Waals surface area contributed by atoms with Gasteiger partial charge in [-0.05, 0) is 89.5 Å². The lowest BCUT2D eigenvalue weighted by atomic mass is 10.0. The van der Waals surface area contributed by atoms with Crippen LogP contribution in [-0.2, 0) is 35.3 Å². The number of rotatable bonds is 13. The molecule has 4 atom stereocenters. The quantitative estimate of drug-likeness (QED) is 0.0809. The first-order chi connectivity index (χ1) is 31.7. The fraction of sp³-hybridized carbons (Fsp3) is 0.265. The first-order valence-corrected chi connectivity index (χ1v) is 22.4.